The quantitative estimate of drug-likeness (QED) is 0.855. The Kier molecular flexibility index (Phi) is 4.31. The molecule has 0 unspecified atom stereocenters. The Balaban J connectivity index is 2.22. The van der Waals surface area contributed by atoms with Crippen molar-refractivity contribution >= 4 is 11.5 Å². The van der Waals surface area contributed by atoms with E-state index in [4.69, 9.17) is 0 Å². The number of likely N-dealkylation sites (N-methyl/N-ethyl adjacent to an activating group) is 1. The van der Waals surface area contributed by atoms with E-state index in [0.29, 0.717) is 12.0 Å². The summed E-state index contributed by atoms with van der Waals surface area (Å²) in [6.07, 6.45) is 6.43. The molecule has 0 aliphatic heterocycles. The van der Waals surface area contributed by atoms with Gasteiger partial charge in [-0.1, -0.05) is 20.3 Å². The van der Waals surface area contributed by atoms with Gasteiger partial charge >= 0.3 is 0 Å². The van der Waals surface area contributed by atoms with Crippen LogP contribution in [-0.2, 0) is 0 Å². The summed E-state index contributed by atoms with van der Waals surface area (Å²) in [7, 11) is 4.17. The van der Waals surface area contributed by atoms with E-state index in [-0.39, 0.29) is 0 Å². The summed E-state index contributed by atoms with van der Waals surface area (Å²) in [5, 5.41) is 11.5. The lowest BCUT2D eigenvalue weighted by atomic mass is 9.99. The summed E-state index contributed by atoms with van der Waals surface area (Å²) in [5.74, 6) is 1.36. The number of rotatable bonds is 6. The normalized spacial score (nSPS) is 14.8. The highest BCUT2D eigenvalue weighted by molar-refractivity contribution is 5.61. The van der Waals surface area contributed by atoms with Gasteiger partial charge < -0.3 is 10.2 Å². The van der Waals surface area contributed by atoms with Crippen LogP contribution >= 0.6 is 0 Å². The van der Waals surface area contributed by atoms with Crippen LogP contribution < -0.4 is 5.32 Å². The van der Waals surface area contributed by atoms with Crippen molar-refractivity contribution in [1.82, 2.24) is 24.5 Å². The molecule has 0 aromatic carbocycles. The van der Waals surface area contributed by atoms with Gasteiger partial charge in [0.2, 0.25) is 5.65 Å². The zero-order valence-corrected chi connectivity index (χ0v) is 12.0. The van der Waals surface area contributed by atoms with Crippen LogP contribution in [0.5, 0.6) is 0 Å². The Bertz CT molecular complexity index is 521. The van der Waals surface area contributed by atoms with Gasteiger partial charge in [0.1, 0.15) is 6.33 Å². The van der Waals surface area contributed by atoms with Gasteiger partial charge in [-0.25, -0.2) is 4.98 Å². The third kappa shape index (κ3) is 3.20. The summed E-state index contributed by atoms with van der Waals surface area (Å²) in [6, 6.07) is 0.343. The third-order valence-corrected chi connectivity index (χ3v) is 3.43. The molecule has 2 aromatic heterocycles. The van der Waals surface area contributed by atoms with Gasteiger partial charge in [-0.2, -0.15) is 0 Å². The van der Waals surface area contributed by atoms with E-state index in [0.717, 1.165) is 24.4 Å². The fourth-order valence-electron chi connectivity index (χ4n) is 2.08. The molecule has 2 atom stereocenters. The zero-order chi connectivity index (χ0) is 13.8. The second-order valence-electron chi connectivity index (χ2n) is 5.24. The molecule has 6 nitrogen and oxygen atoms in total. The van der Waals surface area contributed by atoms with Gasteiger partial charge in [0.15, 0.2) is 5.82 Å². The van der Waals surface area contributed by atoms with Crippen molar-refractivity contribution in [1.29, 1.82) is 0 Å². The van der Waals surface area contributed by atoms with Gasteiger partial charge in [0.25, 0.3) is 0 Å². The van der Waals surface area contributed by atoms with E-state index in [1.54, 1.807) is 12.5 Å². The molecule has 2 heterocycles. The van der Waals surface area contributed by atoms with Crippen molar-refractivity contribution in [3.63, 3.8) is 0 Å². The number of hydrogen-bond acceptors (Lipinski definition) is 5. The van der Waals surface area contributed by atoms with Gasteiger partial charge in [0, 0.05) is 25.0 Å². The summed E-state index contributed by atoms with van der Waals surface area (Å²) >= 11 is 0. The molecule has 0 radical (unpaired) electrons. The van der Waals surface area contributed by atoms with Crippen molar-refractivity contribution in [2.45, 2.75) is 26.3 Å². The maximum absolute atomic E-state index is 4.39. The van der Waals surface area contributed by atoms with E-state index in [1.807, 2.05) is 10.6 Å². The molecule has 2 aromatic rings. The van der Waals surface area contributed by atoms with Gasteiger partial charge in [-0.05, 0) is 20.0 Å². The number of aromatic nitrogens is 4. The van der Waals surface area contributed by atoms with Gasteiger partial charge in [-0.15, -0.1) is 10.2 Å². The standard InChI is InChI=1S/C13H22N6/c1-5-10(2)11(8-18(3)4)16-12-13-17-15-9-19(13)7-6-14-12/h6-7,9-11H,5,8H2,1-4H3,(H,14,16)/t10-,11+/m0/s1. The molecule has 104 valence electrons. The zero-order valence-electron chi connectivity index (χ0n) is 12.0. The molecule has 0 spiro atoms. The molecular formula is C13H22N6. The molecule has 19 heavy (non-hydrogen) atoms. The first-order valence-corrected chi connectivity index (χ1v) is 6.67. The van der Waals surface area contributed by atoms with Crippen molar-refractivity contribution < 1.29 is 0 Å². The first-order chi connectivity index (χ1) is 9.11. The third-order valence-electron chi connectivity index (χ3n) is 3.43. The Labute approximate surface area is 113 Å². The average Bonchev–Trinajstić information content (AvgIpc) is 2.85. The molecule has 6 heteroatoms. The Morgan fingerprint density at radius 3 is 2.89 bits per heavy atom. The highest BCUT2D eigenvalue weighted by atomic mass is 15.3. The van der Waals surface area contributed by atoms with Crippen LogP contribution in [0, 0.1) is 5.92 Å². The number of nitrogens with zero attached hydrogens (tertiary/aromatic N) is 5. The molecular weight excluding hydrogens is 240 g/mol. The molecule has 0 bridgehead atoms. The summed E-state index contributed by atoms with van der Waals surface area (Å²) < 4.78 is 1.87. The minimum atomic E-state index is 0.343. The predicted octanol–water partition coefficient (Wildman–Crippen LogP) is 1.51. The first-order valence-electron chi connectivity index (χ1n) is 6.67. The van der Waals surface area contributed by atoms with Crippen LogP contribution in [0.3, 0.4) is 0 Å². The Morgan fingerprint density at radius 2 is 2.21 bits per heavy atom. The monoisotopic (exact) mass is 262 g/mol. The number of fused-ring (bicyclic) bond motifs is 1. The molecule has 0 amide bonds. The second kappa shape index (κ2) is 5.97. The molecule has 1 N–H and O–H groups in total. The second-order valence-corrected chi connectivity index (χ2v) is 5.24. The van der Waals surface area contributed by atoms with Crippen molar-refractivity contribution in [2.24, 2.45) is 5.92 Å². The summed E-state index contributed by atoms with van der Waals surface area (Å²) in [5.41, 5.74) is 0.773. The highest BCUT2D eigenvalue weighted by Crippen LogP contribution is 2.17. The van der Waals surface area contributed by atoms with E-state index < -0.39 is 0 Å². The minimum Gasteiger partial charge on any atom is -0.363 e. The molecule has 0 saturated heterocycles. The van der Waals surface area contributed by atoms with Crippen LogP contribution in [-0.4, -0.2) is 51.2 Å². The molecule has 0 aliphatic rings. The van der Waals surface area contributed by atoms with Gasteiger partial charge in [-0.3, -0.25) is 4.40 Å². The Hall–Kier alpha value is -1.69. The van der Waals surface area contributed by atoms with Crippen LogP contribution in [0.25, 0.3) is 5.65 Å². The summed E-state index contributed by atoms with van der Waals surface area (Å²) in [4.78, 5) is 6.58. The number of anilines is 1. The maximum atomic E-state index is 4.39. The van der Waals surface area contributed by atoms with Gasteiger partial charge in [0.05, 0.1) is 0 Å². The van der Waals surface area contributed by atoms with E-state index >= 15 is 0 Å². The average molecular weight is 262 g/mol. The lowest BCUT2D eigenvalue weighted by molar-refractivity contribution is 0.330. The lowest BCUT2D eigenvalue weighted by Crippen LogP contribution is -2.37. The maximum Gasteiger partial charge on any atom is 0.203 e. The fraction of sp³-hybridized carbons (Fsp3) is 0.615. The van der Waals surface area contributed by atoms with Crippen LogP contribution in [0.1, 0.15) is 20.3 Å². The van der Waals surface area contributed by atoms with E-state index in [1.165, 1.54) is 0 Å². The number of nitrogens with one attached hydrogen (secondary N) is 1. The first kappa shape index (κ1) is 13.7. The fourth-order valence-corrected chi connectivity index (χ4v) is 2.08. The molecule has 0 saturated carbocycles. The molecule has 0 fully saturated rings. The van der Waals surface area contributed by atoms with Crippen molar-refractivity contribution in [2.75, 3.05) is 26.0 Å². The minimum absolute atomic E-state index is 0.343. The molecule has 0 aliphatic carbocycles. The SMILES string of the molecule is CC[C@H](C)[C@@H](CN(C)C)Nc1nccn2cnnc12. The van der Waals surface area contributed by atoms with Crippen LogP contribution in [0.4, 0.5) is 5.82 Å². The Morgan fingerprint density at radius 1 is 1.42 bits per heavy atom. The lowest BCUT2D eigenvalue weighted by Gasteiger charge is -2.27. The van der Waals surface area contributed by atoms with Crippen molar-refractivity contribution in [3.8, 4) is 0 Å². The van der Waals surface area contributed by atoms with Crippen LogP contribution in [0.15, 0.2) is 18.7 Å². The van der Waals surface area contributed by atoms with E-state index in [9.17, 15) is 0 Å². The predicted molar refractivity (Wildman–Crippen MR) is 76.2 cm³/mol. The highest BCUT2D eigenvalue weighted by Gasteiger charge is 2.18. The van der Waals surface area contributed by atoms with E-state index in [2.05, 4.69) is 53.3 Å². The largest absolute Gasteiger partial charge is 0.363 e. The topological polar surface area (TPSA) is 58.4 Å². The van der Waals surface area contributed by atoms with Crippen LogP contribution in [0.2, 0.25) is 0 Å². The smallest absolute Gasteiger partial charge is 0.203 e. The summed E-state index contributed by atoms with van der Waals surface area (Å²) in [6.45, 7) is 5.43. The molecule has 2 rings (SSSR count). The van der Waals surface area contributed by atoms with Crippen molar-refractivity contribution in [3.05, 3.63) is 18.7 Å². The number of hydrogen-bond donors (Lipinski definition) is 1.